The minimum absolute atomic E-state index is 0. The number of nitrogens with zero attached hydrogens (tertiary/aromatic N) is 2. The maximum absolute atomic E-state index is 12.8. The SMILES string of the molecule is CNC(=O)c1ccc(S(=O)(=O)N2CCC(N3CCNCC3)C2)cc1.Cl. The lowest BCUT2D eigenvalue weighted by atomic mass is 10.2. The zero-order valence-electron chi connectivity index (χ0n) is 14.3. The minimum atomic E-state index is -3.50. The molecule has 0 radical (unpaired) electrons. The van der Waals surface area contributed by atoms with Gasteiger partial charge < -0.3 is 10.6 Å². The molecule has 7 nitrogen and oxygen atoms in total. The Bertz CT molecular complexity index is 690. The molecule has 0 aliphatic carbocycles. The van der Waals surface area contributed by atoms with Gasteiger partial charge >= 0.3 is 0 Å². The van der Waals surface area contributed by atoms with E-state index in [1.54, 1.807) is 23.5 Å². The highest BCUT2D eigenvalue weighted by Gasteiger charge is 2.35. The van der Waals surface area contributed by atoms with E-state index in [9.17, 15) is 13.2 Å². The third kappa shape index (κ3) is 4.32. The standard InChI is InChI=1S/C16H24N4O3S.ClH/c1-17-16(21)13-2-4-15(5-3-13)24(22,23)20-9-6-14(12-20)19-10-7-18-8-11-19;/h2-5,14,18H,6-12H2,1H3,(H,17,21);1H. The van der Waals surface area contributed by atoms with Crippen molar-refractivity contribution in [3.63, 3.8) is 0 Å². The van der Waals surface area contributed by atoms with Crippen molar-refractivity contribution in [2.24, 2.45) is 0 Å². The third-order valence-corrected chi connectivity index (χ3v) is 6.65. The van der Waals surface area contributed by atoms with E-state index in [0.29, 0.717) is 24.7 Å². The molecule has 2 fully saturated rings. The molecule has 0 bridgehead atoms. The number of hydrogen-bond acceptors (Lipinski definition) is 5. The van der Waals surface area contributed by atoms with E-state index in [1.807, 2.05) is 0 Å². The normalized spacial score (nSPS) is 22.4. The van der Waals surface area contributed by atoms with Gasteiger partial charge in [-0.3, -0.25) is 9.69 Å². The van der Waals surface area contributed by atoms with Crippen molar-refractivity contribution in [3.05, 3.63) is 29.8 Å². The van der Waals surface area contributed by atoms with Crippen molar-refractivity contribution in [1.82, 2.24) is 19.8 Å². The summed E-state index contributed by atoms with van der Waals surface area (Å²) < 4.78 is 27.2. The highest BCUT2D eigenvalue weighted by molar-refractivity contribution is 7.89. The van der Waals surface area contributed by atoms with Crippen molar-refractivity contribution >= 4 is 28.3 Å². The van der Waals surface area contributed by atoms with Crippen LogP contribution in [0, 0.1) is 0 Å². The number of halogens is 1. The van der Waals surface area contributed by atoms with Gasteiger partial charge in [-0.2, -0.15) is 4.31 Å². The highest BCUT2D eigenvalue weighted by atomic mass is 35.5. The summed E-state index contributed by atoms with van der Waals surface area (Å²) >= 11 is 0. The molecule has 2 aliphatic rings. The Labute approximate surface area is 155 Å². The molecule has 3 rings (SSSR count). The fourth-order valence-electron chi connectivity index (χ4n) is 3.35. The van der Waals surface area contributed by atoms with Crippen molar-refractivity contribution < 1.29 is 13.2 Å². The molecule has 1 unspecified atom stereocenters. The summed E-state index contributed by atoms with van der Waals surface area (Å²) in [4.78, 5) is 14.2. The lowest BCUT2D eigenvalue weighted by molar-refractivity contribution is 0.0963. The Morgan fingerprint density at radius 3 is 2.40 bits per heavy atom. The smallest absolute Gasteiger partial charge is 0.251 e. The molecule has 2 aliphatic heterocycles. The van der Waals surface area contributed by atoms with E-state index in [-0.39, 0.29) is 23.2 Å². The van der Waals surface area contributed by atoms with Gasteiger partial charge in [0.05, 0.1) is 4.90 Å². The molecule has 9 heteroatoms. The van der Waals surface area contributed by atoms with Gasteiger partial charge in [-0.05, 0) is 30.7 Å². The molecule has 25 heavy (non-hydrogen) atoms. The zero-order valence-corrected chi connectivity index (χ0v) is 15.9. The van der Waals surface area contributed by atoms with Crippen molar-refractivity contribution in [2.75, 3.05) is 46.3 Å². The van der Waals surface area contributed by atoms with Crippen LogP contribution in [0.4, 0.5) is 0 Å². The number of carbonyl (C=O) groups excluding carboxylic acids is 1. The number of carbonyl (C=O) groups is 1. The molecule has 1 aromatic carbocycles. The van der Waals surface area contributed by atoms with Gasteiger partial charge in [0.15, 0.2) is 0 Å². The largest absolute Gasteiger partial charge is 0.355 e. The Morgan fingerprint density at radius 1 is 1.16 bits per heavy atom. The summed E-state index contributed by atoms with van der Waals surface area (Å²) in [5, 5.41) is 5.85. The zero-order chi connectivity index (χ0) is 17.2. The number of piperazine rings is 1. The van der Waals surface area contributed by atoms with E-state index in [1.165, 1.54) is 12.1 Å². The summed E-state index contributed by atoms with van der Waals surface area (Å²) in [5.41, 5.74) is 0.455. The number of sulfonamides is 1. The van der Waals surface area contributed by atoms with Gasteiger partial charge in [0.2, 0.25) is 10.0 Å². The first-order valence-corrected chi connectivity index (χ1v) is 9.73. The van der Waals surface area contributed by atoms with Crippen LogP contribution in [0.2, 0.25) is 0 Å². The molecule has 1 aromatic rings. The second kappa shape index (κ2) is 8.46. The highest BCUT2D eigenvalue weighted by Crippen LogP contribution is 2.24. The Hall–Kier alpha value is -1.19. The topological polar surface area (TPSA) is 81.8 Å². The average Bonchev–Trinajstić information content (AvgIpc) is 3.13. The fourth-order valence-corrected chi connectivity index (χ4v) is 4.84. The molecule has 140 valence electrons. The molecule has 0 aromatic heterocycles. The van der Waals surface area contributed by atoms with Gasteiger partial charge in [-0.25, -0.2) is 8.42 Å². The summed E-state index contributed by atoms with van der Waals surface area (Å²) in [6.07, 6.45) is 0.871. The molecule has 0 saturated carbocycles. The van der Waals surface area contributed by atoms with E-state index in [4.69, 9.17) is 0 Å². The molecule has 2 heterocycles. The number of amides is 1. The predicted molar refractivity (Wildman–Crippen MR) is 98.7 cm³/mol. The number of hydrogen-bond donors (Lipinski definition) is 2. The van der Waals surface area contributed by atoms with Crippen LogP contribution in [0.1, 0.15) is 16.8 Å². The van der Waals surface area contributed by atoms with Crippen LogP contribution in [-0.4, -0.2) is 75.9 Å². The molecule has 2 N–H and O–H groups in total. The fraction of sp³-hybridized carbons (Fsp3) is 0.562. The summed E-state index contributed by atoms with van der Waals surface area (Å²) in [6, 6.07) is 6.42. The van der Waals surface area contributed by atoms with Crippen LogP contribution in [0.3, 0.4) is 0 Å². The van der Waals surface area contributed by atoms with Crippen LogP contribution in [0.15, 0.2) is 29.2 Å². The summed E-state index contributed by atoms with van der Waals surface area (Å²) in [6.45, 7) is 4.96. The molecule has 2 saturated heterocycles. The van der Waals surface area contributed by atoms with Crippen LogP contribution < -0.4 is 10.6 Å². The van der Waals surface area contributed by atoms with Gasteiger partial charge in [0.1, 0.15) is 0 Å². The second-order valence-corrected chi connectivity index (χ2v) is 8.13. The van der Waals surface area contributed by atoms with E-state index in [0.717, 1.165) is 32.6 Å². The molecular weight excluding hydrogens is 364 g/mol. The van der Waals surface area contributed by atoms with Gasteiger partial charge in [-0.1, -0.05) is 0 Å². The Kier molecular flexibility index (Phi) is 6.81. The van der Waals surface area contributed by atoms with Gasteiger partial charge in [0, 0.05) is 57.9 Å². The average molecular weight is 389 g/mol. The quantitative estimate of drug-likeness (QED) is 0.766. The minimum Gasteiger partial charge on any atom is -0.355 e. The molecular formula is C16H25ClN4O3S. The van der Waals surface area contributed by atoms with Crippen LogP contribution in [-0.2, 0) is 10.0 Å². The predicted octanol–water partition coefficient (Wildman–Crippen LogP) is 0.136. The summed E-state index contributed by atoms with van der Waals surface area (Å²) in [5.74, 6) is -0.223. The molecule has 1 amide bonds. The first-order chi connectivity index (χ1) is 11.5. The second-order valence-electron chi connectivity index (χ2n) is 6.20. The van der Waals surface area contributed by atoms with Crippen molar-refractivity contribution in [1.29, 1.82) is 0 Å². The number of nitrogens with one attached hydrogen (secondary N) is 2. The van der Waals surface area contributed by atoms with E-state index >= 15 is 0 Å². The van der Waals surface area contributed by atoms with Gasteiger partial charge in [0.25, 0.3) is 5.91 Å². The number of rotatable bonds is 4. The van der Waals surface area contributed by atoms with Crippen LogP contribution in [0.25, 0.3) is 0 Å². The third-order valence-electron chi connectivity index (χ3n) is 4.78. The summed E-state index contributed by atoms with van der Waals surface area (Å²) in [7, 11) is -1.95. The number of benzene rings is 1. The van der Waals surface area contributed by atoms with E-state index < -0.39 is 10.0 Å². The Morgan fingerprint density at radius 2 is 1.80 bits per heavy atom. The monoisotopic (exact) mass is 388 g/mol. The Balaban J connectivity index is 0.00000225. The maximum atomic E-state index is 12.8. The molecule has 1 atom stereocenters. The lowest BCUT2D eigenvalue weighted by Gasteiger charge is -2.32. The van der Waals surface area contributed by atoms with Crippen molar-refractivity contribution in [3.8, 4) is 0 Å². The lowest BCUT2D eigenvalue weighted by Crippen LogP contribution is -2.49. The van der Waals surface area contributed by atoms with E-state index in [2.05, 4.69) is 15.5 Å². The van der Waals surface area contributed by atoms with Crippen LogP contribution >= 0.6 is 12.4 Å². The first kappa shape index (κ1) is 20.1. The molecule has 0 spiro atoms. The van der Waals surface area contributed by atoms with Crippen LogP contribution in [0.5, 0.6) is 0 Å². The first-order valence-electron chi connectivity index (χ1n) is 8.29. The van der Waals surface area contributed by atoms with Crippen molar-refractivity contribution in [2.45, 2.75) is 17.4 Å². The maximum Gasteiger partial charge on any atom is 0.251 e. The van der Waals surface area contributed by atoms with Gasteiger partial charge in [-0.15, -0.1) is 12.4 Å².